The highest BCUT2D eigenvalue weighted by molar-refractivity contribution is 9.10. The van der Waals surface area contributed by atoms with Crippen molar-refractivity contribution in [3.63, 3.8) is 0 Å². The second-order valence-corrected chi connectivity index (χ2v) is 5.08. The van der Waals surface area contributed by atoms with Crippen molar-refractivity contribution in [2.75, 3.05) is 20.1 Å². The number of nitro benzene ring substituents is 1. The van der Waals surface area contributed by atoms with Crippen LogP contribution in [0.3, 0.4) is 0 Å². The molecule has 5 nitrogen and oxygen atoms in total. The largest absolute Gasteiger partial charge is 0.482 e. The average molecular weight is 301 g/mol. The van der Waals surface area contributed by atoms with Crippen molar-refractivity contribution in [3.05, 3.63) is 32.8 Å². The monoisotopic (exact) mass is 300 g/mol. The quantitative estimate of drug-likeness (QED) is 0.635. The van der Waals surface area contributed by atoms with Gasteiger partial charge in [0.1, 0.15) is 6.10 Å². The summed E-state index contributed by atoms with van der Waals surface area (Å²) < 4.78 is 6.37. The molecule has 1 aromatic rings. The van der Waals surface area contributed by atoms with Crippen molar-refractivity contribution >= 4 is 21.6 Å². The summed E-state index contributed by atoms with van der Waals surface area (Å²) in [6.45, 7) is 1.78. The van der Waals surface area contributed by atoms with Crippen molar-refractivity contribution in [1.82, 2.24) is 4.90 Å². The van der Waals surface area contributed by atoms with Gasteiger partial charge in [0, 0.05) is 23.6 Å². The van der Waals surface area contributed by atoms with Gasteiger partial charge in [0.05, 0.1) is 4.92 Å². The van der Waals surface area contributed by atoms with Crippen LogP contribution in [0.1, 0.15) is 6.42 Å². The van der Waals surface area contributed by atoms with Gasteiger partial charge in [-0.05, 0) is 25.6 Å². The fourth-order valence-electron chi connectivity index (χ4n) is 1.90. The van der Waals surface area contributed by atoms with E-state index in [0.29, 0.717) is 10.2 Å². The highest BCUT2D eigenvalue weighted by Crippen LogP contribution is 2.31. The summed E-state index contributed by atoms with van der Waals surface area (Å²) in [7, 11) is 2.01. The van der Waals surface area contributed by atoms with Gasteiger partial charge >= 0.3 is 5.69 Å². The van der Waals surface area contributed by atoms with E-state index in [9.17, 15) is 10.1 Å². The summed E-state index contributed by atoms with van der Waals surface area (Å²) in [5.41, 5.74) is 0.00827. The first-order valence-corrected chi connectivity index (χ1v) is 6.14. The molecular formula is C11H13BrN2O3. The maximum atomic E-state index is 10.9. The minimum atomic E-state index is -0.418. The van der Waals surface area contributed by atoms with E-state index >= 15 is 0 Å². The van der Waals surface area contributed by atoms with E-state index in [0.717, 1.165) is 19.5 Å². The van der Waals surface area contributed by atoms with Crippen LogP contribution in [0.2, 0.25) is 0 Å². The Morgan fingerprint density at radius 3 is 2.94 bits per heavy atom. The molecule has 1 heterocycles. The summed E-state index contributed by atoms with van der Waals surface area (Å²) in [5.74, 6) is 0.346. The van der Waals surface area contributed by atoms with Gasteiger partial charge in [-0.3, -0.25) is 10.1 Å². The predicted molar refractivity (Wildman–Crippen MR) is 67.3 cm³/mol. The number of ether oxygens (including phenoxy) is 1. The van der Waals surface area contributed by atoms with Gasteiger partial charge in [-0.25, -0.2) is 0 Å². The molecule has 1 unspecified atom stereocenters. The lowest BCUT2D eigenvalue weighted by Gasteiger charge is -2.13. The first-order chi connectivity index (χ1) is 8.06. The van der Waals surface area contributed by atoms with Crippen LogP contribution in [0.5, 0.6) is 5.75 Å². The normalized spacial score (nSPS) is 20.5. The van der Waals surface area contributed by atoms with Crippen LogP contribution >= 0.6 is 15.9 Å². The number of hydrogen-bond donors (Lipinski definition) is 0. The molecule has 0 radical (unpaired) electrons. The maximum absolute atomic E-state index is 10.9. The van der Waals surface area contributed by atoms with E-state index in [-0.39, 0.29) is 11.8 Å². The van der Waals surface area contributed by atoms with Crippen molar-refractivity contribution < 1.29 is 9.66 Å². The van der Waals surface area contributed by atoms with Crippen LogP contribution in [0.25, 0.3) is 0 Å². The lowest BCUT2D eigenvalue weighted by atomic mass is 10.2. The molecule has 0 aliphatic carbocycles. The molecule has 1 aliphatic heterocycles. The van der Waals surface area contributed by atoms with E-state index in [2.05, 4.69) is 20.8 Å². The molecule has 1 saturated heterocycles. The van der Waals surface area contributed by atoms with Gasteiger partial charge < -0.3 is 9.64 Å². The van der Waals surface area contributed by atoms with Crippen LogP contribution in [0.4, 0.5) is 5.69 Å². The van der Waals surface area contributed by atoms with Crippen LogP contribution in [-0.2, 0) is 0 Å². The minimum absolute atomic E-state index is 0.00827. The molecule has 1 aromatic carbocycles. The molecule has 0 aromatic heterocycles. The number of nitrogens with zero attached hydrogens (tertiary/aromatic N) is 2. The van der Waals surface area contributed by atoms with Crippen molar-refractivity contribution in [2.24, 2.45) is 0 Å². The Morgan fingerprint density at radius 1 is 1.59 bits per heavy atom. The molecule has 1 fully saturated rings. The van der Waals surface area contributed by atoms with E-state index in [1.807, 2.05) is 7.05 Å². The Balaban J connectivity index is 2.17. The Morgan fingerprint density at radius 2 is 2.35 bits per heavy atom. The molecule has 17 heavy (non-hydrogen) atoms. The van der Waals surface area contributed by atoms with Crippen molar-refractivity contribution in [2.45, 2.75) is 12.5 Å². The van der Waals surface area contributed by atoms with E-state index in [1.54, 1.807) is 12.1 Å². The average Bonchev–Trinajstić information content (AvgIpc) is 2.66. The standard InChI is InChI=1S/C11H13BrN2O3/c1-13-5-4-9(7-13)17-11-3-2-8(12)6-10(11)14(15)16/h2-3,6,9H,4-5,7H2,1H3. The maximum Gasteiger partial charge on any atom is 0.312 e. The number of benzene rings is 1. The Bertz CT molecular complexity index is 439. The number of hydrogen-bond acceptors (Lipinski definition) is 4. The lowest BCUT2D eigenvalue weighted by molar-refractivity contribution is -0.386. The molecule has 6 heteroatoms. The molecule has 0 saturated carbocycles. The third kappa shape index (κ3) is 2.95. The summed E-state index contributed by atoms with van der Waals surface area (Å²) in [6.07, 6.45) is 0.948. The third-order valence-corrected chi connectivity index (χ3v) is 3.25. The fraction of sp³-hybridized carbons (Fsp3) is 0.455. The minimum Gasteiger partial charge on any atom is -0.482 e. The summed E-state index contributed by atoms with van der Waals surface area (Å²) in [5, 5.41) is 10.9. The van der Waals surface area contributed by atoms with Crippen molar-refractivity contribution in [3.8, 4) is 5.75 Å². The Hall–Kier alpha value is -1.14. The summed E-state index contributed by atoms with van der Waals surface area (Å²) in [6, 6.07) is 4.86. The van der Waals surface area contributed by atoms with E-state index in [4.69, 9.17) is 4.74 Å². The highest BCUT2D eigenvalue weighted by atomic mass is 79.9. The number of halogens is 1. The molecule has 0 N–H and O–H groups in total. The van der Waals surface area contributed by atoms with E-state index in [1.165, 1.54) is 6.07 Å². The first kappa shape index (κ1) is 12.3. The van der Waals surface area contributed by atoms with Gasteiger partial charge in [0.15, 0.2) is 5.75 Å². The number of likely N-dealkylation sites (N-methyl/N-ethyl adjacent to an activating group) is 1. The van der Waals surface area contributed by atoms with Crippen LogP contribution in [-0.4, -0.2) is 36.1 Å². The second kappa shape index (κ2) is 5.01. The van der Waals surface area contributed by atoms with Crippen molar-refractivity contribution in [1.29, 1.82) is 0 Å². The zero-order valence-corrected chi connectivity index (χ0v) is 11.0. The van der Waals surface area contributed by atoms with Gasteiger partial charge in [0.2, 0.25) is 0 Å². The molecule has 1 aliphatic rings. The molecule has 0 amide bonds. The van der Waals surface area contributed by atoms with Gasteiger partial charge in [0.25, 0.3) is 0 Å². The predicted octanol–water partition coefficient (Wildman–Crippen LogP) is 2.44. The Kier molecular flexibility index (Phi) is 3.63. The summed E-state index contributed by atoms with van der Waals surface area (Å²) >= 11 is 3.22. The fourth-order valence-corrected chi connectivity index (χ4v) is 2.25. The molecule has 1 atom stereocenters. The number of nitro groups is 1. The molecule has 92 valence electrons. The Labute approximate surface area is 108 Å². The zero-order valence-electron chi connectivity index (χ0n) is 9.43. The third-order valence-electron chi connectivity index (χ3n) is 2.76. The van der Waals surface area contributed by atoms with Gasteiger partial charge in [-0.1, -0.05) is 15.9 Å². The zero-order chi connectivity index (χ0) is 12.4. The smallest absolute Gasteiger partial charge is 0.312 e. The topological polar surface area (TPSA) is 55.6 Å². The highest BCUT2D eigenvalue weighted by Gasteiger charge is 2.24. The molecule has 0 bridgehead atoms. The van der Waals surface area contributed by atoms with Crippen LogP contribution in [0, 0.1) is 10.1 Å². The molecule has 2 rings (SSSR count). The molecule has 0 spiro atoms. The van der Waals surface area contributed by atoms with E-state index < -0.39 is 4.92 Å². The van der Waals surface area contributed by atoms with Gasteiger partial charge in [-0.2, -0.15) is 0 Å². The first-order valence-electron chi connectivity index (χ1n) is 5.35. The summed E-state index contributed by atoms with van der Waals surface area (Å²) in [4.78, 5) is 12.6. The second-order valence-electron chi connectivity index (χ2n) is 4.16. The van der Waals surface area contributed by atoms with Crippen LogP contribution < -0.4 is 4.74 Å². The SMILES string of the molecule is CN1CCC(Oc2ccc(Br)cc2[N+](=O)[O-])C1. The molecular weight excluding hydrogens is 288 g/mol. The number of rotatable bonds is 3. The lowest BCUT2D eigenvalue weighted by Crippen LogP contribution is -2.21. The van der Waals surface area contributed by atoms with Gasteiger partial charge in [-0.15, -0.1) is 0 Å². The van der Waals surface area contributed by atoms with Crippen LogP contribution in [0.15, 0.2) is 22.7 Å². The number of likely N-dealkylation sites (tertiary alicyclic amines) is 1.